The number of hydrogen-bond donors (Lipinski definition) is 1. The van der Waals surface area contributed by atoms with Crippen LogP contribution in [0.4, 0.5) is 0 Å². The molecule has 0 radical (unpaired) electrons. The molecule has 0 bridgehead atoms. The highest BCUT2D eigenvalue weighted by Crippen LogP contribution is 2.31. The molecule has 1 heterocycles. The van der Waals surface area contributed by atoms with Crippen LogP contribution in [0.1, 0.15) is 57.1 Å². The van der Waals surface area contributed by atoms with Crippen LogP contribution < -0.4 is 5.32 Å². The topological polar surface area (TPSA) is 32.3 Å². The van der Waals surface area contributed by atoms with Crippen LogP contribution in [0.2, 0.25) is 0 Å². The Morgan fingerprint density at radius 2 is 1.92 bits per heavy atom. The second kappa shape index (κ2) is 8.15. The molecular weight excluding hydrogens is 296 g/mol. The number of nitrogens with one attached hydrogen (secondary N) is 1. The van der Waals surface area contributed by atoms with Crippen LogP contribution in [0, 0.1) is 11.8 Å². The van der Waals surface area contributed by atoms with Crippen molar-refractivity contribution in [2.75, 3.05) is 13.1 Å². The second-order valence-electron chi connectivity index (χ2n) is 7.71. The standard InChI is InChI=1S/C21H32N2O/c1-3-17-6-8-18(9-7-17)15-23(20-10-11-20)21(24)13-16(2)19-5-4-12-22-14-19/h6-9,16,19-20,22H,3-5,10-15H2,1-2H3. The van der Waals surface area contributed by atoms with E-state index in [2.05, 4.69) is 48.3 Å². The molecule has 1 aromatic rings. The maximum Gasteiger partial charge on any atom is 0.223 e. The van der Waals surface area contributed by atoms with Crippen molar-refractivity contribution in [2.24, 2.45) is 11.8 Å². The van der Waals surface area contributed by atoms with Gasteiger partial charge in [0.15, 0.2) is 0 Å². The largest absolute Gasteiger partial charge is 0.335 e. The molecule has 3 nitrogen and oxygen atoms in total. The Hall–Kier alpha value is -1.35. The van der Waals surface area contributed by atoms with Crippen molar-refractivity contribution in [1.82, 2.24) is 10.2 Å². The van der Waals surface area contributed by atoms with Crippen LogP contribution in [-0.2, 0) is 17.8 Å². The minimum absolute atomic E-state index is 0.357. The van der Waals surface area contributed by atoms with Crippen molar-refractivity contribution in [3.63, 3.8) is 0 Å². The molecule has 1 aliphatic heterocycles. The average Bonchev–Trinajstić information content (AvgIpc) is 3.45. The molecule has 3 heteroatoms. The summed E-state index contributed by atoms with van der Waals surface area (Å²) >= 11 is 0. The summed E-state index contributed by atoms with van der Waals surface area (Å²) in [5.41, 5.74) is 2.63. The van der Waals surface area contributed by atoms with Crippen molar-refractivity contribution >= 4 is 5.91 Å². The lowest BCUT2D eigenvalue weighted by Gasteiger charge is -2.30. The minimum Gasteiger partial charge on any atom is -0.335 e. The first-order valence-corrected chi connectivity index (χ1v) is 9.75. The summed E-state index contributed by atoms with van der Waals surface area (Å²) < 4.78 is 0. The minimum atomic E-state index is 0.357. The lowest BCUT2D eigenvalue weighted by Crippen LogP contribution is -2.37. The van der Waals surface area contributed by atoms with Gasteiger partial charge in [-0.1, -0.05) is 38.1 Å². The number of rotatable bonds is 7. The van der Waals surface area contributed by atoms with Gasteiger partial charge in [-0.3, -0.25) is 4.79 Å². The van der Waals surface area contributed by atoms with Gasteiger partial charge in [0.2, 0.25) is 5.91 Å². The molecule has 1 saturated heterocycles. The van der Waals surface area contributed by atoms with Gasteiger partial charge in [0.25, 0.3) is 0 Å². The second-order valence-corrected chi connectivity index (χ2v) is 7.71. The molecule has 1 N–H and O–H groups in total. The van der Waals surface area contributed by atoms with E-state index < -0.39 is 0 Å². The first kappa shape index (κ1) is 17.5. The van der Waals surface area contributed by atoms with E-state index in [1.165, 1.54) is 36.8 Å². The lowest BCUT2D eigenvalue weighted by molar-refractivity contribution is -0.133. The van der Waals surface area contributed by atoms with Gasteiger partial charge in [0.1, 0.15) is 0 Å². The van der Waals surface area contributed by atoms with Gasteiger partial charge in [-0.15, -0.1) is 0 Å². The summed E-state index contributed by atoms with van der Waals surface area (Å²) in [6, 6.07) is 9.26. The Balaban J connectivity index is 1.58. The van der Waals surface area contributed by atoms with Gasteiger partial charge >= 0.3 is 0 Å². The lowest BCUT2D eigenvalue weighted by atomic mass is 9.85. The third-order valence-corrected chi connectivity index (χ3v) is 5.73. The predicted octanol–water partition coefficient (Wildman–Crippen LogP) is 3.77. The number of amides is 1. The van der Waals surface area contributed by atoms with E-state index in [0.29, 0.717) is 30.2 Å². The monoisotopic (exact) mass is 328 g/mol. The quantitative estimate of drug-likeness (QED) is 0.826. The van der Waals surface area contributed by atoms with Crippen LogP contribution in [-0.4, -0.2) is 29.9 Å². The molecule has 0 aromatic heterocycles. The van der Waals surface area contributed by atoms with Gasteiger partial charge in [0.05, 0.1) is 0 Å². The predicted molar refractivity (Wildman–Crippen MR) is 98.8 cm³/mol. The van der Waals surface area contributed by atoms with Crippen LogP contribution in [0.15, 0.2) is 24.3 Å². The molecule has 2 unspecified atom stereocenters. The number of piperidine rings is 1. The highest BCUT2D eigenvalue weighted by atomic mass is 16.2. The van der Waals surface area contributed by atoms with Crippen LogP contribution in [0.5, 0.6) is 0 Å². The molecule has 2 aliphatic rings. The fraction of sp³-hybridized carbons (Fsp3) is 0.667. The Morgan fingerprint density at radius 3 is 2.50 bits per heavy atom. The number of nitrogens with zero attached hydrogens (tertiary/aromatic N) is 1. The van der Waals surface area contributed by atoms with Crippen molar-refractivity contribution in [3.8, 4) is 0 Å². The van der Waals surface area contributed by atoms with Crippen molar-refractivity contribution < 1.29 is 4.79 Å². The summed E-state index contributed by atoms with van der Waals surface area (Å²) in [4.78, 5) is 15.1. The zero-order valence-corrected chi connectivity index (χ0v) is 15.3. The van der Waals surface area contributed by atoms with E-state index in [4.69, 9.17) is 0 Å². The number of hydrogen-bond acceptors (Lipinski definition) is 2. The number of aryl methyl sites for hydroxylation is 1. The molecule has 0 spiro atoms. The molecule has 24 heavy (non-hydrogen) atoms. The Morgan fingerprint density at radius 1 is 1.21 bits per heavy atom. The number of carbonyl (C=O) groups is 1. The zero-order valence-electron chi connectivity index (χ0n) is 15.3. The molecule has 132 valence electrons. The smallest absolute Gasteiger partial charge is 0.223 e. The van der Waals surface area contributed by atoms with Crippen LogP contribution in [0.3, 0.4) is 0 Å². The maximum absolute atomic E-state index is 12.9. The van der Waals surface area contributed by atoms with E-state index in [1.54, 1.807) is 0 Å². The number of carbonyl (C=O) groups excluding carboxylic acids is 1. The van der Waals surface area contributed by atoms with E-state index in [9.17, 15) is 4.79 Å². The van der Waals surface area contributed by atoms with Gasteiger partial charge in [-0.2, -0.15) is 0 Å². The van der Waals surface area contributed by atoms with E-state index in [-0.39, 0.29) is 0 Å². The molecule has 3 rings (SSSR count). The Labute approximate surface area is 146 Å². The summed E-state index contributed by atoms with van der Waals surface area (Å²) in [7, 11) is 0. The number of benzene rings is 1. The highest BCUT2D eigenvalue weighted by Gasteiger charge is 2.34. The van der Waals surface area contributed by atoms with Crippen molar-refractivity contribution in [2.45, 2.75) is 65.0 Å². The Kier molecular flexibility index (Phi) is 5.94. The van der Waals surface area contributed by atoms with E-state index in [0.717, 1.165) is 26.1 Å². The fourth-order valence-electron chi connectivity index (χ4n) is 3.81. The molecule has 1 amide bonds. The molecule has 2 atom stereocenters. The molecular formula is C21H32N2O. The summed E-state index contributed by atoms with van der Waals surface area (Å²) in [6.07, 6.45) is 6.65. The normalized spacial score (nSPS) is 22.2. The van der Waals surface area contributed by atoms with Gasteiger partial charge in [0, 0.05) is 19.0 Å². The van der Waals surface area contributed by atoms with Gasteiger partial charge in [-0.05, 0) is 68.2 Å². The maximum atomic E-state index is 12.9. The van der Waals surface area contributed by atoms with Gasteiger partial charge < -0.3 is 10.2 Å². The summed E-state index contributed by atoms with van der Waals surface area (Å²) in [5, 5.41) is 3.48. The first-order valence-electron chi connectivity index (χ1n) is 9.75. The third kappa shape index (κ3) is 4.60. The SMILES string of the molecule is CCc1ccc(CN(C(=O)CC(C)C2CCCNC2)C2CC2)cc1. The Bertz CT molecular complexity index is 529. The van der Waals surface area contributed by atoms with Crippen molar-refractivity contribution in [1.29, 1.82) is 0 Å². The summed E-state index contributed by atoms with van der Waals surface area (Å²) in [5.74, 6) is 1.50. The third-order valence-electron chi connectivity index (χ3n) is 5.73. The molecule has 2 fully saturated rings. The molecule has 1 saturated carbocycles. The fourth-order valence-corrected chi connectivity index (χ4v) is 3.81. The van der Waals surface area contributed by atoms with E-state index in [1.807, 2.05) is 0 Å². The van der Waals surface area contributed by atoms with Crippen molar-refractivity contribution in [3.05, 3.63) is 35.4 Å². The molecule has 1 aromatic carbocycles. The first-order chi connectivity index (χ1) is 11.7. The molecule has 1 aliphatic carbocycles. The zero-order chi connectivity index (χ0) is 16.9. The van der Waals surface area contributed by atoms with Crippen LogP contribution >= 0.6 is 0 Å². The highest BCUT2D eigenvalue weighted by molar-refractivity contribution is 5.77. The van der Waals surface area contributed by atoms with Gasteiger partial charge in [-0.25, -0.2) is 0 Å². The van der Waals surface area contributed by atoms with E-state index >= 15 is 0 Å². The average molecular weight is 329 g/mol. The van der Waals surface area contributed by atoms with Crippen LogP contribution in [0.25, 0.3) is 0 Å². The summed E-state index contributed by atoms with van der Waals surface area (Å²) in [6.45, 7) is 7.44.